The van der Waals surface area contributed by atoms with Crippen LogP contribution in [0.25, 0.3) is 0 Å². The van der Waals surface area contributed by atoms with Gasteiger partial charge in [-0.3, -0.25) is 0 Å². The summed E-state index contributed by atoms with van der Waals surface area (Å²) in [6.45, 7) is 6.24. The molecule has 2 aromatic rings. The first-order valence-corrected chi connectivity index (χ1v) is 6.56. The van der Waals surface area contributed by atoms with Crippen molar-refractivity contribution in [3.8, 4) is 0 Å². The predicted octanol–water partition coefficient (Wildman–Crippen LogP) is 3.64. The fraction of sp³-hybridized carbons (Fsp3) is 0.294. The van der Waals surface area contributed by atoms with E-state index in [4.69, 9.17) is 0 Å². The molecular weight excluding hydrogens is 218 g/mol. The lowest BCUT2D eigenvalue weighted by atomic mass is 10.1. The Labute approximate surface area is 110 Å². The topological polar surface area (TPSA) is 12.0 Å². The van der Waals surface area contributed by atoms with Gasteiger partial charge >= 0.3 is 0 Å². The van der Waals surface area contributed by atoms with E-state index < -0.39 is 0 Å². The molecule has 0 heterocycles. The lowest BCUT2D eigenvalue weighted by Crippen LogP contribution is -2.16. The fourth-order valence-electron chi connectivity index (χ4n) is 2.04. The van der Waals surface area contributed by atoms with Gasteiger partial charge in [-0.2, -0.15) is 0 Å². The van der Waals surface area contributed by atoms with Crippen LogP contribution in [0.1, 0.15) is 22.3 Å². The molecule has 0 aromatic heterocycles. The molecule has 94 valence electrons. The summed E-state index contributed by atoms with van der Waals surface area (Å²) < 4.78 is 0. The Morgan fingerprint density at radius 2 is 1.61 bits per heavy atom. The van der Waals surface area contributed by atoms with Crippen LogP contribution in [0.15, 0.2) is 48.5 Å². The summed E-state index contributed by atoms with van der Waals surface area (Å²) >= 11 is 0. The minimum Gasteiger partial charge on any atom is -0.312 e. The molecule has 18 heavy (non-hydrogen) atoms. The monoisotopic (exact) mass is 239 g/mol. The average Bonchev–Trinajstić information content (AvgIpc) is 2.37. The molecule has 0 aliphatic heterocycles. The Morgan fingerprint density at radius 1 is 0.833 bits per heavy atom. The van der Waals surface area contributed by atoms with Gasteiger partial charge in [-0.25, -0.2) is 0 Å². The van der Waals surface area contributed by atoms with E-state index in [1.807, 2.05) is 0 Å². The number of hydrogen-bond donors (Lipinski definition) is 1. The van der Waals surface area contributed by atoms with Crippen molar-refractivity contribution in [1.82, 2.24) is 5.32 Å². The van der Waals surface area contributed by atoms with Crippen LogP contribution < -0.4 is 5.32 Å². The maximum Gasteiger partial charge on any atom is 0.0205 e. The van der Waals surface area contributed by atoms with Crippen LogP contribution in [0, 0.1) is 13.8 Å². The summed E-state index contributed by atoms with van der Waals surface area (Å²) in [4.78, 5) is 0. The van der Waals surface area contributed by atoms with E-state index in [0.29, 0.717) is 0 Å². The minimum atomic E-state index is 0.950. The van der Waals surface area contributed by atoms with Crippen LogP contribution in [-0.4, -0.2) is 6.54 Å². The maximum absolute atomic E-state index is 3.49. The number of aryl methyl sites for hydroxylation is 2. The van der Waals surface area contributed by atoms with Gasteiger partial charge in [0, 0.05) is 6.54 Å². The van der Waals surface area contributed by atoms with Crippen LogP contribution >= 0.6 is 0 Å². The third-order valence-electron chi connectivity index (χ3n) is 3.12. The highest BCUT2D eigenvalue weighted by Gasteiger charge is 1.95. The molecule has 2 rings (SSSR count). The smallest absolute Gasteiger partial charge is 0.0205 e. The van der Waals surface area contributed by atoms with Gasteiger partial charge in [0.2, 0.25) is 0 Å². The van der Waals surface area contributed by atoms with Crippen LogP contribution in [0.5, 0.6) is 0 Å². The zero-order valence-electron chi connectivity index (χ0n) is 11.2. The first-order valence-electron chi connectivity index (χ1n) is 6.56. The third-order valence-corrected chi connectivity index (χ3v) is 3.12. The Morgan fingerprint density at radius 3 is 2.33 bits per heavy atom. The van der Waals surface area contributed by atoms with Gasteiger partial charge in [-0.1, -0.05) is 59.7 Å². The first-order chi connectivity index (χ1) is 8.74. The SMILES string of the molecule is Cc1ccc(CNCCc2cccc(C)c2)cc1. The standard InChI is InChI=1S/C17H21N/c1-14-6-8-17(9-7-14)13-18-11-10-16-5-3-4-15(2)12-16/h3-9,12,18H,10-11,13H2,1-2H3. The Kier molecular flexibility index (Phi) is 4.54. The summed E-state index contributed by atoms with van der Waals surface area (Å²) in [5, 5.41) is 3.49. The fourth-order valence-corrected chi connectivity index (χ4v) is 2.04. The van der Waals surface area contributed by atoms with Gasteiger partial charge < -0.3 is 5.32 Å². The summed E-state index contributed by atoms with van der Waals surface area (Å²) in [7, 11) is 0. The van der Waals surface area contributed by atoms with E-state index >= 15 is 0 Å². The molecule has 0 amide bonds. The first kappa shape index (κ1) is 12.8. The second-order valence-electron chi connectivity index (χ2n) is 4.90. The third kappa shape index (κ3) is 4.01. The van der Waals surface area contributed by atoms with E-state index in [2.05, 4.69) is 67.7 Å². The zero-order chi connectivity index (χ0) is 12.8. The normalized spacial score (nSPS) is 10.6. The van der Waals surface area contributed by atoms with E-state index in [1.54, 1.807) is 0 Å². The highest BCUT2D eigenvalue weighted by atomic mass is 14.8. The molecule has 0 unspecified atom stereocenters. The Bertz CT molecular complexity index is 485. The quantitative estimate of drug-likeness (QED) is 0.786. The molecule has 1 heteroatoms. The number of benzene rings is 2. The molecule has 0 spiro atoms. The molecule has 0 bridgehead atoms. The molecule has 0 saturated heterocycles. The van der Waals surface area contributed by atoms with E-state index in [9.17, 15) is 0 Å². The summed E-state index contributed by atoms with van der Waals surface area (Å²) in [6, 6.07) is 17.4. The van der Waals surface area contributed by atoms with Crippen molar-refractivity contribution in [2.24, 2.45) is 0 Å². The van der Waals surface area contributed by atoms with E-state index in [0.717, 1.165) is 19.5 Å². The van der Waals surface area contributed by atoms with Gasteiger partial charge in [0.1, 0.15) is 0 Å². The van der Waals surface area contributed by atoms with Crippen LogP contribution in [0.4, 0.5) is 0 Å². The van der Waals surface area contributed by atoms with Crippen molar-refractivity contribution in [3.63, 3.8) is 0 Å². The van der Waals surface area contributed by atoms with Crippen molar-refractivity contribution in [2.45, 2.75) is 26.8 Å². The van der Waals surface area contributed by atoms with Gasteiger partial charge in [0.25, 0.3) is 0 Å². The second-order valence-corrected chi connectivity index (χ2v) is 4.90. The van der Waals surface area contributed by atoms with Crippen LogP contribution in [0.2, 0.25) is 0 Å². The summed E-state index contributed by atoms with van der Waals surface area (Å²) in [5.74, 6) is 0. The molecule has 1 nitrogen and oxygen atoms in total. The molecule has 0 fully saturated rings. The largest absolute Gasteiger partial charge is 0.312 e. The molecule has 0 aliphatic rings. The lowest BCUT2D eigenvalue weighted by Gasteiger charge is -2.06. The van der Waals surface area contributed by atoms with Crippen LogP contribution in [0.3, 0.4) is 0 Å². The number of hydrogen-bond acceptors (Lipinski definition) is 1. The highest BCUT2D eigenvalue weighted by Crippen LogP contribution is 2.05. The Hall–Kier alpha value is -1.60. The molecule has 2 aromatic carbocycles. The van der Waals surface area contributed by atoms with E-state index in [-0.39, 0.29) is 0 Å². The van der Waals surface area contributed by atoms with Gasteiger partial charge in [-0.05, 0) is 37.9 Å². The summed E-state index contributed by atoms with van der Waals surface area (Å²) in [5.41, 5.74) is 5.42. The molecule has 0 radical (unpaired) electrons. The van der Waals surface area contributed by atoms with Crippen LogP contribution in [-0.2, 0) is 13.0 Å². The second kappa shape index (κ2) is 6.36. The highest BCUT2D eigenvalue weighted by molar-refractivity contribution is 5.23. The van der Waals surface area contributed by atoms with Gasteiger partial charge in [0.05, 0.1) is 0 Å². The zero-order valence-corrected chi connectivity index (χ0v) is 11.2. The van der Waals surface area contributed by atoms with E-state index in [1.165, 1.54) is 22.3 Å². The van der Waals surface area contributed by atoms with Gasteiger partial charge in [-0.15, -0.1) is 0 Å². The minimum absolute atomic E-state index is 0.950. The molecule has 0 saturated carbocycles. The number of nitrogens with one attached hydrogen (secondary N) is 1. The van der Waals surface area contributed by atoms with Crippen molar-refractivity contribution >= 4 is 0 Å². The summed E-state index contributed by atoms with van der Waals surface area (Å²) in [6.07, 6.45) is 1.09. The molecule has 0 aliphatic carbocycles. The van der Waals surface area contributed by atoms with Crippen molar-refractivity contribution < 1.29 is 0 Å². The number of rotatable bonds is 5. The average molecular weight is 239 g/mol. The lowest BCUT2D eigenvalue weighted by molar-refractivity contribution is 0.686. The Balaban J connectivity index is 1.74. The maximum atomic E-state index is 3.49. The van der Waals surface area contributed by atoms with Gasteiger partial charge in [0.15, 0.2) is 0 Å². The molecule has 0 atom stereocenters. The van der Waals surface area contributed by atoms with Crippen molar-refractivity contribution in [1.29, 1.82) is 0 Å². The van der Waals surface area contributed by atoms with Crippen molar-refractivity contribution in [2.75, 3.05) is 6.54 Å². The molecular formula is C17H21N. The predicted molar refractivity (Wildman–Crippen MR) is 77.8 cm³/mol. The molecule has 1 N–H and O–H groups in total. The van der Waals surface area contributed by atoms with Crippen molar-refractivity contribution in [3.05, 3.63) is 70.8 Å².